The molecule has 14 heavy (non-hydrogen) atoms. The lowest BCUT2D eigenvalue weighted by Gasteiger charge is -2.08. The van der Waals surface area contributed by atoms with Crippen LogP contribution in [0.4, 0.5) is 0 Å². The quantitative estimate of drug-likeness (QED) is 0.734. The molecule has 1 N–H and O–H groups in total. The molecule has 1 unspecified atom stereocenters. The Balaban J connectivity index is 2.73. The van der Waals surface area contributed by atoms with Gasteiger partial charge in [-0.1, -0.05) is 11.6 Å². The van der Waals surface area contributed by atoms with Gasteiger partial charge < -0.3 is 14.4 Å². The minimum Gasteiger partial charge on any atom is -0.467 e. The number of aliphatic hydroxyl groups excluding tert-OH is 1. The van der Waals surface area contributed by atoms with Crippen LogP contribution in [0.25, 0.3) is 0 Å². The first-order chi connectivity index (χ1) is 6.56. The maximum atomic E-state index is 10.9. The van der Waals surface area contributed by atoms with Crippen LogP contribution >= 0.6 is 11.6 Å². The molecule has 0 fully saturated rings. The first kappa shape index (κ1) is 11.0. The van der Waals surface area contributed by atoms with Crippen molar-refractivity contribution in [3.05, 3.63) is 17.2 Å². The number of halogens is 1. The van der Waals surface area contributed by atoms with Crippen LogP contribution in [-0.4, -0.2) is 33.8 Å². The van der Waals surface area contributed by atoms with Crippen LogP contribution in [-0.2, 0) is 23.0 Å². The number of methoxy groups -OCH3 is 1. The van der Waals surface area contributed by atoms with Gasteiger partial charge in [0.25, 0.3) is 0 Å². The Morgan fingerprint density at radius 2 is 2.50 bits per heavy atom. The molecule has 6 heteroatoms. The molecule has 0 saturated heterocycles. The third-order valence-corrected chi connectivity index (χ3v) is 2.18. The van der Waals surface area contributed by atoms with Crippen LogP contribution in [0.5, 0.6) is 0 Å². The first-order valence-corrected chi connectivity index (χ1v) is 4.35. The Kier molecular flexibility index (Phi) is 3.49. The number of carbonyl (C=O) groups excluding carboxylic acids is 1. The largest absolute Gasteiger partial charge is 0.467 e. The fourth-order valence-corrected chi connectivity index (χ4v) is 1.31. The summed E-state index contributed by atoms with van der Waals surface area (Å²) in [7, 11) is 2.95. The summed E-state index contributed by atoms with van der Waals surface area (Å²) in [6.07, 6.45) is 0.414. The van der Waals surface area contributed by atoms with Crippen molar-refractivity contribution in [1.29, 1.82) is 0 Å². The van der Waals surface area contributed by atoms with Crippen LogP contribution < -0.4 is 0 Å². The molecular formula is C8H11ClN2O3. The number of aryl methyl sites for hydroxylation is 1. The van der Waals surface area contributed by atoms with Crippen molar-refractivity contribution in [3.63, 3.8) is 0 Å². The average Bonchev–Trinajstić information content (AvgIpc) is 2.48. The molecule has 0 amide bonds. The Morgan fingerprint density at radius 3 is 2.93 bits per heavy atom. The number of esters is 1. The molecule has 0 aliphatic carbocycles. The molecule has 0 aliphatic heterocycles. The van der Waals surface area contributed by atoms with E-state index in [1.807, 2.05) is 0 Å². The van der Waals surface area contributed by atoms with E-state index >= 15 is 0 Å². The van der Waals surface area contributed by atoms with Crippen LogP contribution in [0.3, 0.4) is 0 Å². The Morgan fingerprint density at radius 1 is 1.86 bits per heavy atom. The summed E-state index contributed by atoms with van der Waals surface area (Å²) in [6.45, 7) is 0. The van der Waals surface area contributed by atoms with Gasteiger partial charge in [-0.25, -0.2) is 9.78 Å². The Bertz CT molecular complexity index is 318. The minimum atomic E-state index is -1.20. The molecule has 0 aromatic carbocycles. The average molecular weight is 219 g/mol. The fraction of sp³-hybridized carbons (Fsp3) is 0.500. The number of aliphatic hydroxyl groups is 1. The predicted molar refractivity (Wildman–Crippen MR) is 49.9 cm³/mol. The highest BCUT2D eigenvalue weighted by Gasteiger charge is 2.19. The minimum absolute atomic E-state index is 0.0992. The molecule has 1 heterocycles. The maximum Gasteiger partial charge on any atom is 0.335 e. The smallest absolute Gasteiger partial charge is 0.335 e. The number of hydrogen-bond acceptors (Lipinski definition) is 4. The van der Waals surface area contributed by atoms with Crippen molar-refractivity contribution in [2.75, 3.05) is 7.11 Å². The van der Waals surface area contributed by atoms with Crippen molar-refractivity contribution < 1.29 is 14.6 Å². The van der Waals surface area contributed by atoms with Gasteiger partial charge in [-0.2, -0.15) is 0 Å². The molecule has 1 aromatic heterocycles. The van der Waals surface area contributed by atoms with Crippen LogP contribution in [0.1, 0.15) is 5.69 Å². The monoisotopic (exact) mass is 218 g/mol. The third kappa shape index (κ3) is 2.24. The summed E-state index contributed by atoms with van der Waals surface area (Å²) in [4.78, 5) is 14.7. The van der Waals surface area contributed by atoms with E-state index < -0.39 is 12.1 Å². The molecule has 78 valence electrons. The van der Waals surface area contributed by atoms with Crippen LogP contribution in [0.2, 0.25) is 5.15 Å². The van der Waals surface area contributed by atoms with Gasteiger partial charge in [-0.3, -0.25) is 0 Å². The predicted octanol–water partition coefficient (Wildman–Crippen LogP) is 0.150. The van der Waals surface area contributed by atoms with E-state index in [1.54, 1.807) is 11.6 Å². The lowest BCUT2D eigenvalue weighted by Crippen LogP contribution is -2.25. The van der Waals surface area contributed by atoms with Gasteiger partial charge in [0.2, 0.25) is 0 Å². The second-order valence-electron chi connectivity index (χ2n) is 2.84. The number of ether oxygens (including phenoxy) is 1. The first-order valence-electron chi connectivity index (χ1n) is 3.97. The molecule has 1 rings (SSSR count). The van der Waals surface area contributed by atoms with Gasteiger partial charge in [-0.05, 0) is 0 Å². The summed E-state index contributed by atoms with van der Waals surface area (Å²) in [6, 6.07) is 0. The van der Waals surface area contributed by atoms with Gasteiger partial charge in [0.15, 0.2) is 6.10 Å². The normalized spacial score (nSPS) is 12.6. The summed E-state index contributed by atoms with van der Waals surface area (Å²) >= 11 is 5.74. The topological polar surface area (TPSA) is 64.3 Å². The molecule has 0 bridgehead atoms. The molecular weight excluding hydrogens is 208 g/mol. The lowest BCUT2D eigenvalue weighted by molar-refractivity contribution is -0.150. The highest BCUT2D eigenvalue weighted by atomic mass is 35.5. The molecule has 0 spiro atoms. The van der Waals surface area contributed by atoms with Gasteiger partial charge in [0.05, 0.1) is 19.1 Å². The number of nitrogens with zero attached hydrogens (tertiary/aromatic N) is 2. The zero-order chi connectivity index (χ0) is 10.7. The molecule has 1 atom stereocenters. The summed E-state index contributed by atoms with van der Waals surface area (Å²) in [5.74, 6) is -0.678. The van der Waals surface area contributed by atoms with Crippen molar-refractivity contribution in [2.24, 2.45) is 7.05 Å². The van der Waals surface area contributed by atoms with Crippen molar-refractivity contribution in [1.82, 2.24) is 9.55 Å². The molecule has 0 aliphatic rings. The Labute approximate surface area is 86.3 Å². The van der Waals surface area contributed by atoms with Crippen molar-refractivity contribution in [3.8, 4) is 0 Å². The van der Waals surface area contributed by atoms with E-state index in [9.17, 15) is 9.90 Å². The van der Waals surface area contributed by atoms with E-state index in [0.29, 0.717) is 5.69 Å². The van der Waals surface area contributed by atoms with E-state index in [-0.39, 0.29) is 11.6 Å². The summed E-state index contributed by atoms with van der Waals surface area (Å²) in [5, 5.41) is 9.65. The molecule has 1 aromatic rings. The number of carbonyl (C=O) groups is 1. The van der Waals surface area contributed by atoms with Gasteiger partial charge in [-0.15, -0.1) is 0 Å². The van der Waals surface area contributed by atoms with E-state index in [2.05, 4.69) is 9.72 Å². The SMILES string of the molecule is COC(=O)C(O)Cc1c(Cl)ncn1C. The van der Waals surface area contributed by atoms with Gasteiger partial charge in [0, 0.05) is 13.5 Å². The van der Waals surface area contributed by atoms with Crippen LogP contribution in [0, 0.1) is 0 Å². The highest BCUT2D eigenvalue weighted by Crippen LogP contribution is 2.14. The zero-order valence-corrected chi connectivity index (χ0v) is 8.65. The van der Waals surface area contributed by atoms with E-state index in [0.717, 1.165) is 0 Å². The molecule has 0 radical (unpaired) electrons. The summed E-state index contributed by atoms with van der Waals surface area (Å²) < 4.78 is 6.03. The fourth-order valence-electron chi connectivity index (χ4n) is 1.06. The Hall–Kier alpha value is -1.07. The van der Waals surface area contributed by atoms with Gasteiger partial charge in [0.1, 0.15) is 5.15 Å². The zero-order valence-electron chi connectivity index (χ0n) is 7.90. The molecule has 5 nitrogen and oxygen atoms in total. The number of hydrogen-bond donors (Lipinski definition) is 1. The second-order valence-corrected chi connectivity index (χ2v) is 3.19. The number of aromatic nitrogens is 2. The second kappa shape index (κ2) is 4.43. The summed E-state index contributed by atoms with van der Waals surface area (Å²) in [5.41, 5.74) is 0.601. The third-order valence-electron chi connectivity index (χ3n) is 1.87. The highest BCUT2D eigenvalue weighted by molar-refractivity contribution is 6.30. The number of imidazole rings is 1. The van der Waals surface area contributed by atoms with E-state index in [1.165, 1.54) is 13.4 Å². The standard InChI is InChI=1S/C8H11ClN2O3/c1-11-4-10-7(9)5(11)3-6(12)8(13)14-2/h4,6,12H,3H2,1-2H3. The van der Waals surface area contributed by atoms with Crippen LogP contribution in [0.15, 0.2) is 6.33 Å². The lowest BCUT2D eigenvalue weighted by atomic mass is 10.2. The molecule has 0 saturated carbocycles. The van der Waals surface area contributed by atoms with E-state index in [4.69, 9.17) is 11.6 Å². The van der Waals surface area contributed by atoms with Gasteiger partial charge >= 0.3 is 5.97 Å². The van der Waals surface area contributed by atoms with Crippen molar-refractivity contribution in [2.45, 2.75) is 12.5 Å². The number of rotatable bonds is 3. The van der Waals surface area contributed by atoms with Crippen molar-refractivity contribution >= 4 is 17.6 Å². The maximum absolute atomic E-state index is 10.9.